The molecule has 0 unspecified atom stereocenters. The van der Waals surface area contributed by atoms with E-state index < -0.39 is 0 Å². The van der Waals surface area contributed by atoms with Crippen LogP contribution in [0, 0.1) is 0 Å². The van der Waals surface area contributed by atoms with E-state index in [0.29, 0.717) is 28.0 Å². The molecule has 4 rings (SSSR count). The number of carbonyl (C=O) groups excluding carboxylic acids is 1. The van der Waals surface area contributed by atoms with Crippen LogP contribution >= 0.6 is 11.6 Å². The molecule has 3 aromatic rings. The fraction of sp³-hybridized carbons (Fsp3) is 0.455. The molecule has 1 fully saturated rings. The molecular weight excluding hydrogens is 416 g/mol. The molecule has 1 aliphatic rings. The zero-order valence-electron chi connectivity index (χ0n) is 17.9. The highest BCUT2D eigenvalue weighted by atomic mass is 35.5. The average Bonchev–Trinajstić information content (AvgIpc) is 3.16. The second-order valence-electron chi connectivity index (χ2n) is 8.20. The number of anilines is 1. The predicted molar refractivity (Wildman–Crippen MR) is 121 cm³/mol. The van der Waals surface area contributed by atoms with Gasteiger partial charge < -0.3 is 15.4 Å². The van der Waals surface area contributed by atoms with E-state index in [0.717, 1.165) is 36.9 Å². The lowest BCUT2D eigenvalue weighted by Crippen LogP contribution is -2.39. The molecule has 0 aromatic carbocycles. The molecule has 0 aliphatic heterocycles. The second kappa shape index (κ2) is 9.20. The lowest BCUT2D eigenvalue weighted by atomic mass is 9.92. The summed E-state index contributed by atoms with van der Waals surface area (Å²) in [6.45, 7) is 4.07. The maximum Gasteiger partial charge on any atom is 0.255 e. The van der Waals surface area contributed by atoms with Crippen LogP contribution in [0.5, 0.6) is 0 Å². The monoisotopic (exact) mass is 442 g/mol. The van der Waals surface area contributed by atoms with E-state index in [1.54, 1.807) is 36.4 Å². The first kappa shape index (κ1) is 21.5. The summed E-state index contributed by atoms with van der Waals surface area (Å²) in [7, 11) is 1.74. The molecule has 3 aromatic heterocycles. The zero-order valence-corrected chi connectivity index (χ0v) is 18.7. The number of hydrogen-bond acceptors (Lipinski definition) is 6. The summed E-state index contributed by atoms with van der Waals surface area (Å²) < 4.78 is 7.04. The van der Waals surface area contributed by atoms with Gasteiger partial charge in [-0.05, 0) is 45.6 Å². The van der Waals surface area contributed by atoms with Crippen LogP contribution in [0.15, 0.2) is 30.9 Å². The molecule has 9 heteroatoms. The quantitative estimate of drug-likeness (QED) is 0.600. The number of amides is 1. The number of nitrogens with zero attached hydrogens (tertiary/aromatic N) is 4. The van der Waals surface area contributed by atoms with Crippen LogP contribution in [0.1, 0.15) is 49.9 Å². The minimum atomic E-state index is -0.118. The molecule has 2 N–H and O–H groups in total. The van der Waals surface area contributed by atoms with Crippen molar-refractivity contribution in [2.75, 3.05) is 12.4 Å². The SMILES string of the molecule is COC1CCC(NC(=O)c2cnc(-c3cnn4cc(Cl)cnc34)cc2NC(C)C)CC1. The van der Waals surface area contributed by atoms with Crippen molar-refractivity contribution in [1.29, 1.82) is 0 Å². The average molecular weight is 443 g/mol. The molecule has 8 nitrogen and oxygen atoms in total. The van der Waals surface area contributed by atoms with Gasteiger partial charge in [-0.1, -0.05) is 11.6 Å². The number of carbonyl (C=O) groups is 1. The van der Waals surface area contributed by atoms with Gasteiger partial charge >= 0.3 is 0 Å². The third-order valence-corrected chi connectivity index (χ3v) is 5.73. The fourth-order valence-electron chi connectivity index (χ4n) is 3.95. The smallest absolute Gasteiger partial charge is 0.255 e. The van der Waals surface area contributed by atoms with Gasteiger partial charge in [-0.3, -0.25) is 9.78 Å². The Hall–Kier alpha value is -2.71. The molecule has 3 heterocycles. The second-order valence-corrected chi connectivity index (χ2v) is 8.63. The zero-order chi connectivity index (χ0) is 22.0. The van der Waals surface area contributed by atoms with E-state index >= 15 is 0 Å². The molecule has 1 saturated carbocycles. The highest BCUT2D eigenvalue weighted by molar-refractivity contribution is 6.30. The van der Waals surface area contributed by atoms with Gasteiger partial charge in [0.25, 0.3) is 5.91 Å². The summed E-state index contributed by atoms with van der Waals surface area (Å²) in [4.78, 5) is 22.0. The Morgan fingerprint density at radius 2 is 1.97 bits per heavy atom. The molecule has 0 radical (unpaired) electrons. The van der Waals surface area contributed by atoms with Crippen molar-refractivity contribution in [2.24, 2.45) is 0 Å². The van der Waals surface area contributed by atoms with Crippen LogP contribution in [-0.4, -0.2) is 50.8 Å². The van der Waals surface area contributed by atoms with Gasteiger partial charge in [-0.2, -0.15) is 5.10 Å². The molecular formula is C22H27ClN6O2. The minimum absolute atomic E-state index is 0.118. The van der Waals surface area contributed by atoms with E-state index in [-0.39, 0.29) is 18.0 Å². The number of ether oxygens (including phenoxy) is 1. The van der Waals surface area contributed by atoms with Crippen molar-refractivity contribution in [1.82, 2.24) is 24.9 Å². The highest BCUT2D eigenvalue weighted by Gasteiger charge is 2.24. The van der Waals surface area contributed by atoms with Crippen LogP contribution in [0.4, 0.5) is 5.69 Å². The Morgan fingerprint density at radius 1 is 1.19 bits per heavy atom. The van der Waals surface area contributed by atoms with E-state index in [4.69, 9.17) is 16.3 Å². The summed E-state index contributed by atoms with van der Waals surface area (Å²) in [6, 6.07) is 2.18. The van der Waals surface area contributed by atoms with Crippen molar-refractivity contribution in [3.05, 3.63) is 41.4 Å². The van der Waals surface area contributed by atoms with Crippen molar-refractivity contribution in [2.45, 2.75) is 57.7 Å². The first-order chi connectivity index (χ1) is 14.9. The first-order valence-electron chi connectivity index (χ1n) is 10.5. The summed E-state index contributed by atoms with van der Waals surface area (Å²) in [5.74, 6) is -0.118. The van der Waals surface area contributed by atoms with Gasteiger partial charge in [-0.25, -0.2) is 9.50 Å². The van der Waals surface area contributed by atoms with E-state index in [9.17, 15) is 4.79 Å². The Balaban J connectivity index is 1.60. The van der Waals surface area contributed by atoms with Crippen LogP contribution < -0.4 is 10.6 Å². The van der Waals surface area contributed by atoms with Gasteiger partial charge in [0, 0.05) is 31.6 Å². The molecule has 0 spiro atoms. The van der Waals surface area contributed by atoms with Crippen LogP contribution in [0.25, 0.3) is 16.9 Å². The maximum atomic E-state index is 13.0. The first-order valence-corrected chi connectivity index (χ1v) is 10.9. The number of methoxy groups -OCH3 is 1. The van der Waals surface area contributed by atoms with Crippen molar-refractivity contribution in [3.8, 4) is 11.3 Å². The summed E-state index contributed by atoms with van der Waals surface area (Å²) in [5.41, 5.74) is 3.37. The van der Waals surface area contributed by atoms with Crippen LogP contribution in [0.2, 0.25) is 5.02 Å². The molecule has 164 valence electrons. The number of nitrogens with one attached hydrogen (secondary N) is 2. The van der Waals surface area contributed by atoms with Crippen molar-refractivity contribution >= 4 is 28.8 Å². The number of pyridine rings is 1. The lowest BCUT2D eigenvalue weighted by Gasteiger charge is -2.28. The number of fused-ring (bicyclic) bond motifs is 1. The van der Waals surface area contributed by atoms with Gasteiger partial charge in [0.1, 0.15) is 0 Å². The lowest BCUT2D eigenvalue weighted by molar-refractivity contribution is 0.0599. The Kier molecular flexibility index (Phi) is 6.38. The van der Waals surface area contributed by atoms with E-state index in [2.05, 4.69) is 25.7 Å². The van der Waals surface area contributed by atoms with Gasteiger partial charge in [0.05, 0.1) is 46.0 Å². The highest BCUT2D eigenvalue weighted by Crippen LogP contribution is 2.28. The Morgan fingerprint density at radius 3 is 2.68 bits per heavy atom. The van der Waals surface area contributed by atoms with Crippen LogP contribution in [0.3, 0.4) is 0 Å². The maximum absolute atomic E-state index is 13.0. The summed E-state index contributed by atoms with van der Waals surface area (Å²) in [6.07, 6.45) is 10.6. The number of aromatic nitrogens is 4. The predicted octanol–water partition coefficient (Wildman–Crippen LogP) is 3.95. The fourth-order valence-corrected chi connectivity index (χ4v) is 4.09. The standard InChI is InChI=1S/C22H27ClN6O2/c1-13(2)27-20-8-19(17-11-26-29-12-14(23)9-25-21(17)29)24-10-18(20)22(30)28-15-4-6-16(31-3)7-5-15/h8-13,15-16H,4-7H2,1-3H3,(H,24,27)(H,28,30). The molecule has 31 heavy (non-hydrogen) atoms. The Bertz CT molecular complexity index is 1080. The molecule has 1 amide bonds. The number of hydrogen-bond donors (Lipinski definition) is 2. The molecule has 0 saturated heterocycles. The summed E-state index contributed by atoms with van der Waals surface area (Å²) >= 11 is 6.01. The van der Waals surface area contributed by atoms with Crippen LogP contribution in [-0.2, 0) is 4.74 Å². The minimum Gasteiger partial charge on any atom is -0.382 e. The molecule has 0 atom stereocenters. The Labute approximate surface area is 186 Å². The van der Waals surface area contributed by atoms with Crippen molar-refractivity contribution in [3.63, 3.8) is 0 Å². The molecule has 0 bridgehead atoms. The third-order valence-electron chi connectivity index (χ3n) is 5.54. The number of halogens is 1. The van der Waals surface area contributed by atoms with E-state index in [1.807, 2.05) is 19.9 Å². The third kappa shape index (κ3) is 4.80. The summed E-state index contributed by atoms with van der Waals surface area (Å²) in [5, 5.41) is 11.4. The van der Waals surface area contributed by atoms with Gasteiger partial charge in [0.2, 0.25) is 0 Å². The van der Waals surface area contributed by atoms with Crippen molar-refractivity contribution < 1.29 is 9.53 Å². The topological polar surface area (TPSA) is 93.4 Å². The van der Waals surface area contributed by atoms with Gasteiger partial charge in [-0.15, -0.1) is 0 Å². The van der Waals surface area contributed by atoms with Gasteiger partial charge in [0.15, 0.2) is 5.65 Å². The number of rotatable bonds is 6. The molecule has 1 aliphatic carbocycles. The van der Waals surface area contributed by atoms with E-state index in [1.165, 1.54) is 0 Å². The largest absolute Gasteiger partial charge is 0.382 e. The normalized spacial score (nSPS) is 19.0.